The van der Waals surface area contributed by atoms with E-state index < -0.39 is 14.6 Å². The highest BCUT2D eigenvalue weighted by molar-refractivity contribution is 8.13. The first-order valence-corrected chi connectivity index (χ1v) is 7.29. The van der Waals surface area contributed by atoms with E-state index >= 15 is 0 Å². The average Bonchev–Trinajstić information content (AvgIpc) is 2.83. The molecule has 0 radical (unpaired) electrons. The average molecular weight is 291 g/mol. The maximum absolute atomic E-state index is 11.5. The van der Waals surface area contributed by atoms with Gasteiger partial charge in [0.25, 0.3) is 14.2 Å². The van der Waals surface area contributed by atoms with Crippen LogP contribution in [0.2, 0.25) is 0 Å². The van der Waals surface area contributed by atoms with E-state index in [1.54, 1.807) is 0 Å². The highest BCUT2D eigenvalue weighted by atomic mass is 35.7. The molecule has 2 heterocycles. The Bertz CT molecular complexity index is 654. The smallest absolute Gasteiger partial charge is 0.290 e. The number of aromatic amines is 1. The molecule has 0 aliphatic rings. The molecule has 98 valence electrons. The molecule has 0 saturated heterocycles. The molecule has 1 N–H and O–H groups in total. The summed E-state index contributed by atoms with van der Waals surface area (Å²) in [5.74, 6) is 0.287. The van der Waals surface area contributed by atoms with Crippen molar-refractivity contribution in [1.82, 2.24) is 30.2 Å². The summed E-state index contributed by atoms with van der Waals surface area (Å²) in [6.07, 6.45) is 1.43. The zero-order valence-electron chi connectivity index (χ0n) is 9.92. The van der Waals surface area contributed by atoms with Gasteiger partial charge in [0, 0.05) is 16.2 Å². The minimum absolute atomic E-state index is 0.287. The predicted octanol–water partition coefficient (Wildman–Crippen LogP) is 0.746. The molecule has 10 heteroatoms. The van der Waals surface area contributed by atoms with Crippen LogP contribution in [0.1, 0.15) is 20.8 Å². The first-order chi connectivity index (χ1) is 8.21. The fourth-order valence-electron chi connectivity index (χ4n) is 1.51. The van der Waals surface area contributed by atoms with Gasteiger partial charge in [-0.25, -0.2) is 8.42 Å². The van der Waals surface area contributed by atoms with Crippen molar-refractivity contribution in [3.05, 3.63) is 6.20 Å². The van der Waals surface area contributed by atoms with E-state index in [4.69, 9.17) is 10.7 Å². The molecule has 0 fully saturated rings. The molecule has 0 aliphatic carbocycles. The van der Waals surface area contributed by atoms with E-state index in [0.29, 0.717) is 5.69 Å². The number of nitrogens with one attached hydrogen (secondary N) is 1. The summed E-state index contributed by atoms with van der Waals surface area (Å²) in [6, 6.07) is 0. The minimum Gasteiger partial charge on any atom is -0.290 e. The summed E-state index contributed by atoms with van der Waals surface area (Å²) < 4.78 is 24.4. The number of hydrogen-bond acceptors (Lipinski definition) is 6. The van der Waals surface area contributed by atoms with Crippen molar-refractivity contribution in [2.75, 3.05) is 0 Å². The molecular weight excluding hydrogens is 280 g/mol. The first-order valence-electron chi connectivity index (χ1n) is 4.98. The van der Waals surface area contributed by atoms with Crippen LogP contribution in [0.3, 0.4) is 0 Å². The highest BCUT2D eigenvalue weighted by Gasteiger charge is 2.30. The molecule has 0 atom stereocenters. The van der Waals surface area contributed by atoms with E-state index in [9.17, 15) is 8.42 Å². The Hall–Kier alpha value is -1.48. The molecule has 8 nitrogen and oxygen atoms in total. The van der Waals surface area contributed by atoms with Crippen LogP contribution in [0.15, 0.2) is 11.4 Å². The Morgan fingerprint density at radius 3 is 2.44 bits per heavy atom. The standard InChI is InChI=1S/C8H11ClN6O2S/c1-8(2,3)15-6(5-4-10-14-11-5)12-13-7(15)18(9,16)17/h4H,1-3H3,(H,10,11,14). The summed E-state index contributed by atoms with van der Waals surface area (Å²) >= 11 is 0. The van der Waals surface area contributed by atoms with Crippen molar-refractivity contribution in [1.29, 1.82) is 0 Å². The summed E-state index contributed by atoms with van der Waals surface area (Å²) in [5, 5.41) is 17.1. The van der Waals surface area contributed by atoms with Gasteiger partial charge in [-0.15, -0.1) is 10.2 Å². The molecule has 0 aliphatic heterocycles. The van der Waals surface area contributed by atoms with Crippen molar-refractivity contribution in [3.8, 4) is 11.5 Å². The normalized spacial score (nSPS) is 12.9. The van der Waals surface area contributed by atoms with Crippen LogP contribution >= 0.6 is 10.7 Å². The summed E-state index contributed by atoms with van der Waals surface area (Å²) in [6.45, 7) is 5.43. The second-order valence-corrected chi connectivity index (χ2v) is 7.07. The lowest BCUT2D eigenvalue weighted by molar-refractivity contribution is 0.367. The van der Waals surface area contributed by atoms with Crippen molar-refractivity contribution >= 4 is 19.7 Å². The van der Waals surface area contributed by atoms with Gasteiger partial charge in [0.05, 0.1) is 6.20 Å². The Balaban J connectivity index is 2.75. The molecule has 18 heavy (non-hydrogen) atoms. The number of nitrogens with zero attached hydrogens (tertiary/aromatic N) is 5. The zero-order chi connectivity index (χ0) is 13.6. The molecule has 0 aromatic carbocycles. The maximum Gasteiger partial charge on any atom is 0.296 e. The maximum atomic E-state index is 11.5. The number of aromatic nitrogens is 6. The molecule has 2 aromatic rings. The molecule has 0 unspecified atom stereocenters. The van der Waals surface area contributed by atoms with E-state index in [2.05, 4.69) is 25.6 Å². The van der Waals surface area contributed by atoms with Gasteiger partial charge < -0.3 is 0 Å². The van der Waals surface area contributed by atoms with E-state index in [1.165, 1.54) is 10.8 Å². The lowest BCUT2D eigenvalue weighted by atomic mass is 10.1. The fraction of sp³-hybridized carbons (Fsp3) is 0.500. The number of H-pyrrole nitrogens is 1. The van der Waals surface area contributed by atoms with Crippen LogP contribution in [0, 0.1) is 0 Å². The second-order valence-electron chi connectivity index (χ2n) is 4.61. The number of rotatable bonds is 2. The summed E-state index contributed by atoms with van der Waals surface area (Å²) in [5.41, 5.74) is -0.182. The third-order valence-electron chi connectivity index (χ3n) is 2.17. The quantitative estimate of drug-likeness (QED) is 0.818. The van der Waals surface area contributed by atoms with Crippen molar-refractivity contribution in [3.63, 3.8) is 0 Å². The SMILES string of the molecule is CC(C)(C)n1c(-c2cn[nH]n2)nnc1S(=O)(=O)Cl. The number of halogens is 1. The van der Waals surface area contributed by atoms with Gasteiger partial charge in [0.2, 0.25) is 0 Å². The van der Waals surface area contributed by atoms with Gasteiger partial charge in [0.15, 0.2) is 5.82 Å². The van der Waals surface area contributed by atoms with E-state index in [1.807, 2.05) is 20.8 Å². The molecular formula is C8H11ClN6O2S. The van der Waals surface area contributed by atoms with Crippen LogP contribution in [-0.4, -0.2) is 38.6 Å². The summed E-state index contributed by atoms with van der Waals surface area (Å²) in [4.78, 5) is 0. The first kappa shape index (κ1) is 13.0. The summed E-state index contributed by atoms with van der Waals surface area (Å²) in [7, 11) is 1.37. The molecule has 2 rings (SSSR count). The van der Waals surface area contributed by atoms with Crippen LogP contribution in [0.4, 0.5) is 0 Å². The Kier molecular flexibility index (Phi) is 2.90. The van der Waals surface area contributed by atoms with Crippen LogP contribution < -0.4 is 0 Å². The fourth-order valence-corrected chi connectivity index (χ4v) is 2.52. The van der Waals surface area contributed by atoms with Crippen molar-refractivity contribution < 1.29 is 8.42 Å². The molecule has 0 saturated carbocycles. The van der Waals surface area contributed by atoms with E-state index in [0.717, 1.165) is 0 Å². The third kappa shape index (κ3) is 2.23. The minimum atomic E-state index is -3.98. The van der Waals surface area contributed by atoms with E-state index in [-0.39, 0.29) is 11.0 Å². The van der Waals surface area contributed by atoms with Crippen LogP contribution in [0.5, 0.6) is 0 Å². The van der Waals surface area contributed by atoms with Crippen molar-refractivity contribution in [2.45, 2.75) is 31.5 Å². The van der Waals surface area contributed by atoms with Gasteiger partial charge in [0.1, 0.15) is 5.69 Å². The van der Waals surface area contributed by atoms with Gasteiger partial charge >= 0.3 is 0 Å². The Morgan fingerprint density at radius 1 is 1.33 bits per heavy atom. The topological polar surface area (TPSA) is 106 Å². The van der Waals surface area contributed by atoms with Gasteiger partial charge in [-0.3, -0.25) is 4.57 Å². The zero-order valence-corrected chi connectivity index (χ0v) is 11.5. The van der Waals surface area contributed by atoms with Gasteiger partial charge in [-0.2, -0.15) is 15.4 Å². The largest absolute Gasteiger partial charge is 0.296 e. The molecule has 0 bridgehead atoms. The molecule has 0 amide bonds. The predicted molar refractivity (Wildman–Crippen MR) is 63.4 cm³/mol. The highest BCUT2D eigenvalue weighted by Crippen LogP contribution is 2.27. The van der Waals surface area contributed by atoms with Crippen LogP contribution in [0.25, 0.3) is 11.5 Å². The van der Waals surface area contributed by atoms with Crippen molar-refractivity contribution in [2.24, 2.45) is 0 Å². The Labute approximate surface area is 108 Å². The lowest BCUT2D eigenvalue weighted by Crippen LogP contribution is -2.26. The molecule has 0 spiro atoms. The second kappa shape index (κ2) is 4.02. The lowest BCUT2D eigenvalue weighted by Gasteiger charge is -2.23. The third-order valence-corrected chi connectivity index (χ3v) is 3.28. The Morgan fingerprint density at radius 2 is 2.00 bits per heavy atom. The van der Waals surface area contributed by atoms with Crippen LogP contribution in [-0.2, 0) is 14.6 Å². The monoisotopic (exact) mass is 290 g/mol. The van der Waals surface area contributed by atoms with Gasteiger partial charge in [-0.1, -0.05) is 0 Å². The van der Waals surface area contributed by atoms with Gasteiger partial charge in [-0.05, 0) is 20.8 Å². The molecule has 2 aromatic heterocycles. The number of hydrogen-bond donors (Lipinski definition) is 1.